The Kier molecular flexibility index (Phi) is 5.60. The van der Waals surface area contributed by atoms with Crippen molar-refractivity contribution in [2.24, 2.45) is 11.8 Å². The van der Waals surface area contributed by atoms with Gasteiger partial charge in [-0.05, 0) is 52.1 Å². The number of esters is 1. The van der Waals surface area contributed by atoms with Crippen LogP contribution in [0.2, 0.25) is 0 Å². The molecule has 1 saturated heterocycles. The fourth-order valence-corrected chi connectivity index (χ4v) is 2.13. The first-order valence-electron chi connectivity index (χ1n) is 6.96. The molecule has 0 aromatic rings. The number of carbonyl (C=O) groups excluding carboxylic acids is 1. The molecule has 0 aliphatic carbocycles. The van der Waals surface area contributed by atoms with E-state index in [1.54, 1.807) is 0 Å². The molecule has 1 aliphatic rings. The van der Waals surface area contributed by atoms with Crippen molar-refractivity contribution in [3.8, 4) is 0 Å². The predicted molar refractivity (Wildman–Crippen MR) is 73.5 cm³/mol. The third-order valence-electron chi connectivity index (χ3n) is 2.98. The van der Waals surface area contributed by atoms with E-state index in [1.807, 2.05) is 20.8 Å². The van der Waals surface area contributed by atoms with E-state index in [0.717, 1.165) is 26.1 Å². The first-order valence-corrected chi connectivity index (χ1v) is 6.96. The van der Waals surface area contributed by atoms with Crippen LogP contribution in [0.25, 0.3) is 0 Å². The molecule has 1 heterocycles. The van der Waals surface area contributed by atoms with E-state index < -0.39 is 5.60 Å². The van der Waals surface area contributed by atoms with Gasteiger partial charge in [0.1, 0.15) is 11.6 Å². The van der Waals surface area contributed by atoms with Crippen LogP contribution in [0.4, 0.5) is 0 Å². The normalized spacial score (nSPS) is 22.2. The molecule has 0 spiro atoms. The van der Waals surface area contributed by atoms with Gasteiger partial charge in [0.2, 0.25) is 0 Å². The summed E-state index contributed by atoms with van der Waals surface area (Å²) >= 11 is 0. The summed E-state index contributed by atoms with van der Waals surface area (Å²) in [7, 11) is 0. The predicted octanol–water partition coefficient (Wildman–Crippen LogP) is 1.55. The Balaban J connectivity index is 2.60. The maximum Gasteiger partial charge on any atom is 0.323 e. The standard InChI is InChI=1S/C14H28N2O2/c1-10(2)8-16-12(11-6-7-15-9-11)13(17)18-14(3,4)5/h10-12,15-16H,6-9H2,1-5H3/t11-,12?/m0/s1. The molecule has 1 fully saturated rings. The monoisotopic (exact) mass is 256 g/mol. The van der Waals surface area contributed by atoms with Crippen LogP contribution in [0.1, 0.15) is 41.0 Å². The number of nitrogens with one attached hydrogen (secondary N) is 2. The summed E-state index contributed by atoms with van der Waals surface area (Å²) in [6.07, 6.45) is 1.04. The average Bonchev–Trinajstić information content (AvgIpc) is 2.67. The zero-order valence-corrected chi connectivity index (χ0v) is 12.4. The largest absolute Gasteiger partial charge is 0.459 e. The lowest BCUT2D eigenvalue weighted by molar-refractivity contribution is -0.159. The lowest BCUT2D eigenvalue weighted by atomic mass is 9.98. The molecule has 4 nitrogen and oxygen atoms in total. The summed E-state index contributed by atoms with van der Waals surface area (Å²) in [5.41, 5.74) is -0.416. The van der Waals surface area contributed by atoms with Gasteiger partial charge in [-0.3, -0.25) is 4.79 Å². The van der Waals surface area contributed by atoms with Crippen molar-refractivity contribution in [2.75, 3.05) is 19.6 Å². The molecule has 1 aliphatic heterocycles. The molecular formula is C14H28N2O2. The van der Waals surface area contributed by atoms with Gasteiger partial charge in [0.15, 0.2) is 0 Å². The van der Waals surface area contributed by atoms with E-state index in [1.165, 1.54) is 0 Å². The van der Waals surface area contributed by atoms with Gasteiger partial charge in [0.25, 0.3) is 0 Å². The number of ether oxygens (including phenoxy) is 1. The minimum atomic E-state index is -0.416. The summed E-state index contributed by atoms with van der Waals surface area (Å²) in [5, 5.41) is 6.68. The molecule has 4 heteroatoms. The molecule has 2 N–H and O–H groups in total. The summed E-state index contributed by atoms with van der Waals surface area (Å²) in [5.74, 6) is 0.764. The molecule has 2 atom stereocenters. The maximum atomic E-state index is 12.2. The van der Waals surface area contributed by atoms with E-state index in [9.17, 15) is 4.79 Å². The van der Waals surface area contributed by atoms with Gasteiger partial charge in [0, 0.05) is 6.54 Å². The van der Waals surface area contributed by atoms with E-state index in [-0.39, 0.29) is 12.0 Å². The van der Waals surface area contributed by atoms with Gasteiger partial charge in [0.05, 0.1) is 0 Å². The Labute approximate surface area is 111 Å². The Morgan fingerprint density at radius 3 is 2.56 bits per heavy atom. The van der Waals surface area contributed by atoms with Gasteiger partial charge in [-0.25, -0.2) is 0 Å². The lowest BCUT2D eigenvalue weighted by Crippen LogP contribution is -2.47. The van der Waals surface area contributed by atoms with Crippen molar-refractivity contribution >= 4 is 5.97 Å². The lowest BCUT2D eigenvalue weighted by Gasteiger charge is -2.28. The molecular weight excluding hydrogens is 228 g/mol. The second-order valence-corrected chi connectivity index (χ2v) is 6.57. The second kappa shape index (κ2) is 6.53. The van der Waals surface area contributed by atoms with Gasteiger partial charge < -0.3 is 15.4 Å². The molecule has 0 bridgehead atoms. The fraction of sp³-hybridized carbons (Fsp3) is 0.929. The van der Waals surface area contributed by atoms with E-state index in [0.29, 0.717) is 11.8 Å². The highest BCUT2D eigenvalue weighted by molar-refractivity contribution is 5.76. The molecule has 0 radical (unpaired) electrons. The van der Waals surface area contributed by atoms with Crippen molar-refractivity contribution in [1.82, 2.24) is 10.6 Å². The van der Waals surface area contributed by atoms with Crippen LogP contribution < -0.4 is 10.6 Å². The third kappa shape index (κ3) is 5.36. The van der Waals surface area contributed by atoms with E-state index in [4.69, 9.17) is 4.74 Å². The molecule has 0 aromatic carbocycles. The Morgan fingerprint density at radius 2 is 2.11 bits per heavy atom. The van der Waals surface area contributed by atoms with E-state index >= 15 is 0 Å². The quantitative estimate of drug-likeness (QED) is 0.733. The summed E-state index contributed by atoms with van der Waals surface area (Å²) in [6, 6.07) is -0.179. The minimum absolute atomic E-state index is 0.114. The highest BCUT2D eigenvalue weighted by Gasteiger charge is 2.33. The minimum Gasteiger partial charge on any atom is -0.459 e. The zero-order chi connectivity index (χ0) is 13.8. The first-order chi connectivity index (χ1) is 8.29. The van der Waals surface area contributed by atoms with Crippen LogP contribution >= 0.6 is 0 Å². The Morgan fingerprint density at radius 1 is 1.44 bits per heavy atom. The number of hydrogen-bond donors (Lipinski definition) is 2. The molecule has 1 rings (SSSR count). The number of hydrogen-bond acceptors (Lipinski definition) is 4. The summed E-state index contributed by atoms with van der Waals surface area (Å²) in [6.45, 7) is 12.8. The highest BCUT2D eigenvalue weighted by atomic mass is 16.6. The van der Waals surface area contributed by atoms with Crippen molar-refractivity contribution < 1.29 is 9.53 Å². The van der Waals surface area contributed by atoms with Crippen molar-refractivity contribution in [3.63, 3.8) is 0 Å². The summed E-state index contributed by atoms with van der Waals surface area (Å²) in [4.78, 5) is 12.2. The molecule has 18 heavy (non-hydrogen) atoms. The fourth-order valence-electron chi connectivity index (χ4n) is 2.13. The molecule has 0 amide bonds. The van der Waals surface area contributed by atoms with Crippen molar-refractivity contribution in [1.29, 1.82) is 0 Å². The molecule has 0 saturated carbocycles. The molecule has 0 aromatic heterocycles. The van der Waals surface area contributed by atoms with Crippen LogP contribution in [-0.2, 0) is 9.53 Å². The van der Waals surface area contributed by atoms with Crippen LogP contribution in [-0.4, -0.2) is 37.2 Å². The third-order valence-corrected chi connectivity index (χ3v) is 2.98. The van der Waals surface area contributed by atoms with Crippen LogP contribution in [0.5, 0.6) is 0 Å². The van der Waals surface area contributed by atoms with Gasteiger partial charge in [-0.15, -0.1) is 0 Å². The molecule has 106 valence electrons. The Hall–Kier alpha value is -0.610. The average molecular weight is 256 g/mol. The van der Waals surface area contributed by atoms with Crippen LogP contribution in [0.15, 0.2) is 0 Å². The summed E-state index contributed by atoms with van der Waals surface area (Å²) < 4.78 is 5.52. The first kappa shape index (κ1) is 15.4. The van der Waals surface area contributed by atoms with Crippen LogP contribution in [0.3, 0.4) is 0 Å². The SMILES string of the molecule is CC(C)CNC(C(=O)OC(C)(C)C)[C@H]1CCNC1. The zero-order valence-electron chi connectivity index (χ0n) is 12.4. The van der Waals surface area contributed by atoms with Gasteiger partial charge >= 0.3 is 5.97 Å². The van der Waals surface area contributed by atoms with Crippen LogP contribution in [0, 0.1) is 11.8 Å². The van der Waals surface area contributed by atoms with Crippen molar-refractivity contribution in [2.45, 2.75) is 52.7 Å². The number of rotatable bonds is 5. The van der Waals surface area contributed by atoms with Gasteiger partial charge in [-0.1, -0.05) is 13.8 Å². The smallest absolute Gasteiger partial charge is 0.323 e. The topological polar surface area (TPSA) is 50.4 Å². The highest BCUT2D eigenvalue weighted by Crippen LogP contribution is 2.17. The maximum absolute atomic E-state index is 12.2. The molecule has 1 unspecified atom stereocenters. The van der Waals surface area contributed by atoms with E-state index in [2.05, 4.69) is 24.5 Å². The number of carbonyl (C=O) groups is 1. The van der Waals surface area contributed by atoms with Gasteiger partial charge in [-0.2, -0.15) is 0 Å². The van der Waals surface area contributed by atoms with Crippen molar-refractivity contribution in [3.05, 3.63) is 0 Å². The Bertz CT molecular complexity index is 265. The second-order valence-electron chi connectivity index (χ2n) is 6.57.